The third-order valence-corrected chi connectivity index (χ3v) is 3.55. The Hall–Kier alpha value is -0.930. The number of likely N-dealkylation sites (N-methyl/N-ethyl adjacent to an activating group) is 1. The van der Waals surface area contributed by atoms with Crippen molar-refractivity contribution in [3.8, 4) is 0 Å². The van der Waals surface area contributed by atoms with E-state index in [4.69, 9.17) is 0 Å². The Bertz CT molecular complexity index is 378. The first-order chi connectivity index (χ1) is 7.59. The van der Waals surface area contributed by atoms with Crippen LogP contribution in [0.4, 0.5) is 4.39 Å². The predicted octanol–water partition coefficient (Wildman–Crippen LogP) is 2.10. The molecule has 2 atom stereocenters. The zero-order chi connectivity index (χ0) is 11.7. The topological polar surface area (TPSA) is 15.3 Å². The van der Waals surface area contributed by atoms with Crippen LogP contribution in [0.3, 0.4) is 0 Å². The fourth-order valence-electron chi connectivity index (χ4n) is 2.28. The van der Waals surface area contributed by atoms with Crippen molar-refractivity contribution in [3.63, 3.8) is 0 Å². The molecule has 0 radical (unpaired) electrons. The third-order valence-electron chi connectivity index (χ3n) is 3.55. The molecule has 3 heteroatoms. The molecule has 88 valence electrons. The number of hydrogen-bond acceptors (Lipinski definition) is 2. The number of rotatable bonds is 1. The summed E-state index contributed by atoms with van der Waals surface area (Å²) in [5, 5.41) is 3.50. The van der Waals surface area contributed by atoms with Gasteiger partial charge in [0.1, 0.15) is 5.82 Å². The molecule has 1 fully saturated rings. The second kappa shape index (κ2) is 4.52. The van der Waals surface area contributed by atoms with E-state index in [9.17, 15) is 4.39 Å². The summed E-state index contributed by atoms with van der Waals surface area (Å²) < 4.78 is 13.2. The van der Waals surface area contributed by atoms with Crippen molar-refractivity contribution in [1.82, 2.24) is 10.2 Å². The highest BCUT2D eigenvalue weighted by Gasteiger charge is 2.26. The van der Waals surface area contributed by atoms with Crippen LogP contribution in [-0.2, 0) is 0 Å². The number of aryl methyl sites for hydroxylation is 1. The van der Waals surface area contributed by atoms with E-state index in [1.807, 2.05) is 19.1 Å². The van der Waals surface area contributed by atoms with Gasteiger partial charge in [-0.05, 0) is 38.1 Å². The molecular weight excluding hydrogens is 203 g/mol. The van der Waals surface area contributed by atoms with E-state index in [2.05, 4.69) is 24.2 Å². The van der Waals surface area contributed by atoms with Crippen LogP contribution >= 0.6 is 0 Å². The van der Waals surface area contributed by atoms with E-state index in [1.165, 1.54) is 5.56 Å². The number of hydrogen-bond donors (Lipinski definition) is 1. The Morgan fingerprint density at radius 2 is 2.19 bits per heavy atom. The normalized spacial score (nSPS) is 27.0. The Kier molecular flexibility index (Phi) is 3.26. The first kappa shape index (κ1) is 11.6. The van der Waals surface area contributed by atoms with Gasteiger partial charge >= 0.3 is 0 Å². The summed E-state index contributed by atoms with van der Waals surface area (Å²) >= 11 is 0. The minimum atomic E-state index is -0.124. The Morgan fingerprint density at radius 3 is 2.88 bits per heavy atom. The largest absolute Gasteiger partial charge is 0.307 e. The second-order valence-corrected chi connectivity index (χ2v) is 4.66. The fourth-order valence-corrected chi connectivity index (χ4v) is 2.28. The summed E-state index contributed by atoms with van der Waals surface area (Å²) in [5.74, 6) is -0.124. The van der Waals surface area contributed by atoms with E-state index < -0.39 is 0 Å². The first-order valence-electron chi connectivity index (χ1n) is 5.79. The molecule has 1 aliphatic heterocycles. The summed E-state index contributed by atoms with van der Waals surface area (Å²) in [6.07, 6.45) is 0. The van der Waals surface area contributed by atoms with Crippen LogP contribution in [0.2, 0.25) is 0 Å². The van der Waals surface area contributed by atoms with Crippen LogP contribution in [0.15, 0.2) is 18.2 Å². The summed E-state index contributed by atoms with van der Waals surface area (Å²) in [7, 11) is 2.13. The van der Waals surface area contributed by atoms with Gasteiger partial charge in [-0.2, -0.15) is 0 Å². The van der Waals surface area contributed by atoms with E-state index >= 15 is 0 Å². The van der Waals surface area contributed by atoms with E-state index in [0.29, 0.717) is 12.1 Å². The summed E-state index contributed by atoms with van der Waals surface area (Å²) in [6, 6.07) is 6.14. The zero-order valence-electron chi connectivity index (χ0n) is 10.1. The molecule has 1 heterocycles. The van der Waals surface area contributed by atoms with Gasteiger partial charge in [0.15, 0.2) is 0 Å². The van der Waals surface area contributed by atoms with Gasteiger partial charge in [-0.1, -0.05) is 12.1 Å². The lowest BCUT2D eigenvalue weighted by Gasteiger charge is -2.38. The lowest BCUT2D eigenvalue weighted by atomic mass is 9.96. The van der Waals surface area contributed by atoms with Gasteiger partial charge in [0.2, 0.25) is 0 Å². The molecule has 1 aromatic carbocycles. The van der Waals surface area contributed by atoms with E-state index in [-0.39, 0.29) is 5.82 Å². The molecule has 1 saturated heterocycles. The van der Waals surface area contributed by atoms with Crippen molar-refractivity contribution in [2.45, 2.75) is 25.9 Å². The standard InChI is InChI=1S/C13H19FN2/c1-9-8-11(4-5-12(9)14)13-10(2)16(3)7-6-15-13/h4-5,8,10,13,15H,6-7H2,1-3H3. The minimum absolute atomic E-state index is 0.124. The number of benzene rings is 1. The summed E-state index contributed by atoms with van der Waals surface area (Å²) in [6.45, 7) is 6.07. The lowest BCUT2D eigenvalue weighted by Crippen LogP contribution is -2.49. The molecule has 0 bridgehead atoms. The van der Waals surface area contributed by atoms with Crippen LogP contribution in [0, 0.1) is 12.7 Å². The maximum atomic E-state index is 13.2. The van der Waals surface area contributed by atoms with E-state index in [1.54, 1.807) is 6.07 Å². The quantitative estimate of drug-likeness (QED) is 0.783. The lowest BCUT2D eigenvalue weighted by molar-refractivity contribution is 0.164. The van der Waals surface area contributed by atoms with Crippen molar-refractivity contribution < 1.29 is 4.39 Å². The SMILES string of the molecule is Cc1cc(C2NCCN(C)C2C)ccc1F. The molecular formula is C13H19FN2. The number of nitrogens with zero attached hydrogens (tertiary/aromatic N) is 1. The third kappa shape index (κ3) is 2.11. The molecule has 0 spiro atoms. The van der Waals surface area contributed by atoms with Crippen LogP contribution in [0.1, 0.15) is 24.1 Å². The van der Waals surface area contributed by atoms with Crippen molar-refractivity contribution in [3.05, 3.63) is 35.1 Å². The number of piperazine rings is 1. The number of nitrogens with one attached hydrogen (secondary N) is 1. The smallest absolute Gasteiger partial charge is 0.126 e. The van der Waals surface area contributed by atoms with Crippen molar-refractivity contribution in [2.24, 2.45) is 0 Å². The van der Waals surface area contributed by atoms with Gasteiger partial charge < -0.3 is 10.2 Å². The van der Waals surface area contributed by atoms with Crippen LogP contribution in [0.25, 0.3) is 0 Å². The van der Waals surface area contributed by atoms with Gasteiger partial charge in [-0.3, -0.25) is 0 Å². The second-order valence-electron chi connectivity index (χ2n) is 4.66. The van der Waals surface area contributed by atoms with Gasteiger partial charge in [0.05, 0.1) is 0 Å². The van der Waals surface area contributed by atoms with Gasteiger partial charge in [0.25, 0.3) is 0 Å². The molecule has 2 nitrogen and oxygen atoms in total. The highest BCUT2D eigenvalue weighted by atomic mass is 19.1. The Morgan fingerprint density at radius 1 is 1.44 bits per heavy atom. The molecule has 16 heavy (non-hydrogen) atoms. The maximum absolute atomic E-state index is 13.2. The van der Waals surface area contributed by atoms with Crippen LogP contribution < -0.4 is 5.32 Å². The molecule has 0 saturated carbocycles. The van der Waals surface area contributed by atoms with Crippen molar-refractivity contribution in [2.75, 3.05) is 20.1 Å². The molecule has 0 aromatic heterocycles. The maximum Gasteiger partial charge on any atom is 0.126 e. The molecule has 0 aliphatic carbocycles. The molecule has 1 aromatic rings. The van der Waals surface area contributed by atoms with Gasteiger partial charge in [-0.15, -0.1) is 0 Å². The van der Waals surface area contributed by atoms with Gasteiger partial charge in [-0.25, -0.2) is 4.39 Å². The first-order valence-corrected chi connectivity index (χ1v) is 5.79. The van der Waals surface area contributed by atoms with Crippen molar-refractivity contribution >= 4 is 0 Å². The Labute approximate surface area is 96.5 Å². The summed E-state index contributed by atoms with van der Waals surface area (Å²) in [5.41, 5.74) is 1.90. The Balaban J connectivity index is 2.25. The minimum Gasteiger partial charge on any atom is -0.307 e. The molecule has 2 unspecified atom stereocenters. The predicted molar refractivity (Wildman–Crippen MR) is 64.0 cm³/mol. The summed E-state index contributed by atoms with van der Waals surface area (Å²) in [4.78, 5) is 2.33. The van der Waals surface area contributed by atoms with Gasteiger partial charge in [0, 0.05) is 25.2 Å². The molecule has 0 amide bonds. The molecule has 1 aliphatic rings. The average molecular weight is 222 g/mol. The van der Waals surface area contributed by atoms with Crippen molar-refractivity contribution in [1.29, 1.82) is 0 Å². The zero-order valence-corrected chi connectivity index (χ0v) is 10.1. The average Bonchev–Trinajstić information content (AvgIpc) is 2.26. The van der Waals surface area contributed by atoms with Crippen LogP contribution in [-0.4, -0.2) is 31.1 Å². The highest BCUT2D eigenvalue weighted by molar-refractivity contribution is 5.27. The molecule has 1 N–H and O–H groups in total. The highest BCUT2D eigenvalue weighted by Crippen LogP contribution is 2.24. The monoisotopic (exact) mass is 222 g/mol. The van der Waals surface area contributed by atoms with E-state index in [0.717, 1.165) is 18.7 Å². The fraction of sp³-hybridized carbons (Fsp3) is 0.538. The van der Waals surface area contributed by atoms with Crippen LogP contribution in [0.5, 0.6) is 0 Å². The number of halogens is 1. The molecule has 2 rings (SSSR count).